The number of nitriles is 1. The topological polar surface area (TPSA) is 123 Å². The molecule has 0 amide bonds. The second-order valence-electron chi connectivity index (χ2n) is 4.74. The molecule has 0 aliphatic heterocycles. The van der Waals surface area contributed by atoms with Crippen LogP contribution in [0.5, 0.6) is 0 Å². The van der Waals surface area contributed by atoms with Crippen LogP contribution in [0.15, 0.2) is 29.6 Å². The quantitative estimate of drug-likeness (QED) is 0.447. The second kappa shape index (κ2) is 7.43. The zero-order chi connectivity index (χ0) is 17.7. The lowest BCUT2D eigenvalue weighted by Crippen LogP contribution is -2.20. The van der Waals surface area contributed by atoms with Gasteiger partial charge in [-0.05, 0) is 13.0 Å². The highest BCUT2D eigenvalue weighted by atomic mass is 32.1. The lowest BCUT2D eigenvalue weighted by Gasteiger charge is -2.07. The average molecular weight is 345 g/mol. The number of benzene rings is 1. The number of thiazole rings is 1. The highest BCUT2D eigenvalue weighted by Crippen LogP contribution is 2.21. The van der Waals surface area contributed by atoms with E-state index < -0.39 is 29.2 Å². The summed E-state index contributed by atoms with van der Waals surface area (Å²) in [5.41, 5.74) is 0.385. The fourth-order valence-corrected chi connectivity index (χ4v) is 2.68. The highest BCUT2D eigenvalue weighted by Gasteiger charge is 2.25. The number of Topliss-reactive ketones (excluding diaryl/α,β-unsaturated/α-hetero) is 1. The Labute approximate surface area is 140 Å². The van der Waals surface area contributed by atoms with Gasteiger partial charge in [0, 0.05) is 23.2 Å². The fraction of sp³-hybridized carbons (Fsp3) is 0.200. The first-order valence-electron chi connectivity index (χ1n) is 6.68. The van der Waals surface area contributed by atoms with Gasteiger partial charge >= 0.3 is 5.97 Å². The number of aromatic nitrogens is 1. The number of nitro benzene ring substituents is 1. The van der Waals surface area contributed by atoms with Crippen molar-refractivity contribution in [1.29, 1.82) is 5.26 Å². The molecule has 0 bridgehead atoms. The smallest absolute Gasteiger partial charge is 0.338 e. The molecule has 2 rings (SSSR count). The van der Waals surface area contributed by atoms with E-state index in [2.05, 4.69) is 4.98 Å². The summed E-state index contributed by atoms with van der Waals surface area (Å²) in [6.07, 6.45) is 0. The van der Waals surface area contributed by atoms with E-state index in [1.807, 2.05) is 6.07 Å². The number of hydrogen-bond donors (Lipinski definition) is 0. The molecular formula is C15H11N3O5S. The van der Waals surface area contributed by atoms with Gasteiger partial charge in [-0.3, -0.25) is 14.9 Å². The molecule has 0 radical (unpaired) electrons. The molecule has 122 valence electrons. The Morgan fingerprint density at radius 2 is 2.25 bits per heavy atom. The van der Waals surface area contributed by atoms with Crippen LogP contribution < -0.4 is 0 Å². The number of carbonyl (C=O) groups is 2. The van der Waals surface area contributed by atoms with Crippen LogP contribution in [0, 0.1) is 28.4 Å². The van der Waals surface area contributed by atoms with Crippen LogP contribution in [0.4, 0.5) is 5.69 Å². The van der Waals surface area contributed by atoms with Crippen LogP contribution in [0.3, 0.4) is 0 Å². The number of ketones is 1. The summed E-state index contributed by atoms with van der Waals surface area (Å²) < 4.78 is 4.85. The van der Waals surface area contributed by atoms with Gasteiger partial charge in [0.15, 0.2) is 18.3 Å². The molecule has 8 nitrogen and oxygen atoms in total. The van der Waals surface area contributed by atoms with Gasteiger partial charge in [0.25, 0.3) is 5.69 Å². The van der Waals surface area contributed by atoms with Crippen LogP contribution >= 0.6 is 11.3 Å². The number of nitro groups is 1. The fourth-order valence-electron chi connectivity index (χ4n) is 1.82. The van der Waals surface area contributed by atoms with E-state index in [-0.39, 0.29) is 11.3 Å². The largest absolute Gasteiger partial charge is 0.454 e. The molecule has 1 atom stereocenters. The van der Waals surface area contributed by atoms with E-state index in [0.29, 0.717) is 10.7 Å². The number of aryl methyl sites for hydroxylation is 1. The minimum atomic E-state index is -1.11. The van der Waals surface area contributed by atoms with Crippen molar-refractivity contribution >= 4 is 28.8 Å². The van der Waals surface area contributed by atoms with Crippen LogP contribution in [0.25, 0.3) is 0 Å². The standard InChI is InChI=1S/C15H11N3O5S/c1-9-8-24-14(17-9)12(6-16)13(19)7-23-15(20)10-3-2-4-11(5-10)18(21)22/h2-5,8,12H,7H2,1H3. The van der Waals surface area contributed by atoms with Gasteiger partial charge in [-0.25, -0.2) is 9.78 Å². The Balaban J connectivity index is 2.03. The zero-order valence-electron chi connectivity index (χ0n) is 12.5. The van der Waals surface area contributed by atoms with Crippen LogP contribution in [-0.2, 0) is 9.53 Å². The highest BCUT2D eigenvalue weighted by molar-refractivity contribution is 7.09. The second-order valence-corrected chi connectivity index (χ2v) is 5.63. The first-order valence-corrected chi connectivity index (χ1v) is 7.56. The SMILES string of the molecule is Cc1csc(C(C#N)C(=O)COC(=O)c2cccc([N+](=O)[O-])c2)n1. The summed E-state index contributed by atoms with van der Waals surface area (Å²) in [5, 5.41) is 21.9. The first kappa shape index (κ1) is 17.2. The van der Waals surface area contributed by atoms with Crippen molar-refractivity contribution in [2.45, 2.75) is 12.8 Å². The summed E-state index contributed by atoms with van der Waals surface area (Å²) >= 11 is 1.18. The third kappa shape index (κ3) is 3.99. The number of ether oxygens (including phenoxy) is 1. The number of esters is 1. The van der Waals surface area contributed by atoms with Crippen molar-refractivity contribution < 1.29 is 19.2 Å². The number of hydrogen-bond acceptors (Lipinski definition) is 8. The van der Waals surface area contributed by atoms with Crippen LogP contribution in [0.1, 0.15) is 27.0 Å². The third-order valence-corrected chi connectivity index (χ3v) is 4.00. The summed E-state index contributed by atoms with van der Waals surface area (Å²) in [7, 11) is 0. The van der Waals surface area contributed by atoms with Gasteiger partial charge in [0.05, 0.1) is 16.6 Å². The van der Waals surface area contributed by atoms with Gasteiger partial charge in [-0.1, -0.05) is 6.07 Å². The summed E-state index contributed by atoms with van der Waals surface area (Å²) in [4.78, 5) is 38.1. The molecule has 0 aliphatic rings. The predicted molar refractivity (Wildman–Crippen MR) is 83.6 cm³/mol. The molecule has 1 aromatic heterocycles. The number of carbonyl (C=O) groups excluding carboxylic acids is 2. The molecular weight excluding hydrogens is 334 g/mol. The molecule has 1 heterocycles. The summed E-state index contributed by atoms with van der Waals surface area (Å²) in [6, 6.07) is 6.80. The Hall–Kier alpha value is -3.12. The molecule has 0 N–H and O–H groups in total. The number of rotatable bonds is 6. The maximum Gasteiger partial charge on any atom is 0.338 e. The molecule has 0 spiro atoms. The lowest BCUT2D eigenvalue weighted by atomic mass is 10.1. The number of nitrogens with zero attached hydrogens (tertiary/aromatic N) is 3. The average Bonchev–Trinajstić information content (AvgIpc) is 2.99. The Bertz CT molecular complexity index is 840. The van der Waals surface area contributed by atoms with Crippen molar-refractivity contribution in [2.24, 2.45) is 0 Å². The van der Waals surface area contributed by atoms with Crippen LogP contribution in [0.2, 0.25) is 0 Å². The van der Waals surface area contributed by atoms with E-state index in [1.54, 1.807) is 12.3 Å². The Morgan fingerprint density at radius 1 is 1.50 bits per heavy atom. The third-order valence-electron chi connectivity index (χ3n) is 2.97. The molecule has 9 heteroatoms. The van der Waals surface area contributed by atoms with Crippen molar-refractivity contribution in [3.8, 4) is 6.07 Å². The minimum Gasteiger partial charge on any atom is -0.454 e. The first-order chi connectivity index (χ1) is 11.4. The van der Waals surface area contributed by atoms with E-state index >= 15 is 0 Å². The van der Waals surface area contributed by atoms with Gasteiger partial charge in [0.1, 0.15) is 5.01 Å². The zero-order valence-corrected chi connectivity index (χ0v) is 13.3. The van der Waals surface area contributed by atoms with Gasteiger partial charge < -0.3 is 4.74 Å². The Morgan fingerprint density at radius 3 is 2.83 bits per heavy atom. The van der Waals surface area contributed by atoms with E-state index in [1.165, 1.54) is 29.5 Å². The maximum atomic E-state index is 12.1. The Kier molecular flexibility index (Phi) is 5.34. The van der Waals surface area contributed by atoms with Crippen molar-refractivity contribution in [3.63, 3.8) is 0 Å². The maximum absolute atomic E-state index is 12.1. The monoisotopic (exact) mass is 345 g/mol. The number of non-ortho nitro benzene ring substituents is 1. The van der Waals surface area contributed by atoms with E-state index in [9.17, 15) is 19.7 Å². The molecule has 0 fully saturated rings. The summed E-state index contributed by atoms with van der Waals surface area (Å²) in [6.45, 7) is 1.12. The molecule has 0 saturated heterocycles. The van der Waals surface area contributed by atoms with Crippen LogP contribution in [-0.4, -0.2) is 28.3 Å². The van der Waals surface area contributed by atoms with Crippen molar-refractivity contribution in [3.05, 3.63) is 56.0 Å². The van der Waals surface area contributed by atoms with E-state index in [0.717, 1.165) is 6.07 Å². The van der Waals surface area contributed by atoms with Gasteiger partial charge in [0.2, 0.25) is 0 Å². The predicted octanol–water partition coefficient (Wildman–Crippen LogP) is 2.39. The normalized spacial score (nSPS) is 11.3. The molecule has 1 aromatic carbocycles. The lowest BCUT2D eigenvalue weighted by molar-refractivity contribution is -0.384. The molecule has 2 aromatic rings. The van der Waals surface area contributed by atoms with Crippen molar-refractivity contribution in [2.75, 3.05) is 6.61 Å². The molecule has 0 aliphatic carbocycles. The summed E-state index contributed by atoms with van der Waals surface area (Å²) in [5.74, 6) is -2.59. The molecule has 24 heavy (non-hydrogen) atoms. The molecule has 0 saturated carbocycles. The van der Waals surface area contributed by atoms with Gasteiger partial charge in [-0.2, -0.15) is 5.26 Å². The van der Waals surface area contributed by atoms with Gasteiger partial charge in [-0.15, -0.1) is 11.3 Å². The van der Waals surface area contributed by atoms with Crippen molar-refractivity contribution in [1.82, 2.24) is 4.98 Å². The van der Waals surface area contributed by atoms with E-state index in [4.69, 9.17) is 10.00 Å². The minimum absolute atomic E-state index is 0.0457. The molecule has 1 unspecified atom stereocenters.